The molecule has 38 heavy (non-hydrogen) atoms. The summed E-state index contributed by atoms with van der Waals surface area (Å²) in [5.74, 6) is -5.52. The number of carbonyl (C=O) groups excluding carboxylic acids is 1. The fourth-order valence-electron chi connectivity index (χ4n) is 4.07. The van der Waals surface area contributed by atoms with Crippen molar-refractivity contribution in [2.24, 2.45) is 0 Å². The van der Waals surface area contributed by atoms with Gasteiger partial charge in [0.2, 0.25) is 5.85 Å². The third kappa shape index (κ3) is 5.50. The predicted molar refractivity (Wildman–Crippen MR) is 135 cm³/mol. The van der Waals surface area contributed by atoms with E-state index in [4.69, 9.17) is 34.0 Å². The number of aliphatic hydroxyl groups excluding tert-OH is 1. The SMILES string of the molecule is [2H]C([2H])(OP1(=O)OCc2c(F)c(C(C)(C)C)cc(C(C)(C)C)c2O1)[C@]1(F)C[C@@H](O)[C@]([2H])(N2C=C(Cl)C(=O)NC2=C)O1. The van der Waals surface area contributed by atoms with E-state index in [1.165, 1.54) is 0 Å². The van der Waals surface area contributed by atoms with E-state index in [0.717, 1.165) is 6.20 Å². The first-order valence-corrected chi connectivity index (χ1v) is 13.5. The van der Waals surface area contributed by atoms with E-state index in [0.29, 0.717) is 16.0 Å². The van der Waals surface area contributed by atoms with Gasteiger partial charge in [0.15, 0.2) is 6.20 Å². The Morgan fingerprint density at radius 2 is 2.00 bits per heavy atom. The highest BCUT2D eigenvalue weighted by atomic mass is 35.5. The Bertz CT molecular complexity index is 1400. The standard InChI is InChI=1S/C25H32ClF2N2O7P/c1-13-29-21(32)17(26)10-30(13)22-18(31)9-25(28,36-22)12-35-38(33)34-11-14-19(27)15(23(2,3)4)8-16(20(14)37-38)24(5,6)7/h8,10,18,22,31H,1,9,11-12H2,2-7H3,(H,29,32)/t18-,22-,25+,38?/m1/s1/i12D2,22D. The van der Waals surface area contributed by atoms with E-state index < -0.39 is 73.2 Å². The summed E-state index contributed by atoms with van der Waals surface area (Å²) in [5.41, 5.74) is -0.535. The van der Waals surface area contributed by atoms with Crippen molar-refractivity contribution in [3.05, 3.63) is 52.2 Å². The zero-order valence-electron chi connectivity index (χ0n) is 24.8. The first-order chi connectivity index (χ1) is 18.4. The van der Waals surface area contributed by atoms with Crippen LogP contribution in [0.4, 0.5) is 8.78 Å². The van der Waals surface area contributed by atoms with Crippen LogP contribution >= 0.6 is 19.4 Å². The minimum absolute atomic E-state index is 0.0556. The van der Waals surface area contributed by atoms with Crippen molar-refractivity contribution in [2.75, 3.05) is 6.56 Å². The summed E-state index contributed by atoms with van der Waals surface area (Å²) in [6.45, 7) is 10.1. The molecule has 3 aliphatic heterocycles. The summed E-state index contributed by atoms with van der Waals surface area (Å²) >= 11 is 5.81. The van der Waals surface area contributed by atoms with Gasteiger partial charge in [0.05, 0.1) is 16.3 Å². The third-order valence-corrected chi connectivity index (χ3v) is 7.49. The molecule has 0 aliphatic carbocycles. The molecular formula is C25H32ClF2N2O7P. The van der Waals surface area contributed by atoms with E-state index in [1.807, 2.05) is 41.5 Å². The average molecular weight is 580 g/mol. The first kappa shape index (κ1) is 25.0. The maximum Gasteiger partial charge on any atom is 0.530 e. The van der Waals surface area contributed by atoms with Crippen molar-refractivity contribution in [3.8, 4) is 5.75 Å². The predicted octanol–water partition coefficient (Wildman–Crippen LogP) is 5.21. The topological polar surface area (TPSA) is 107 Å². The summed E-state index contributed by atoms with van der Waals surface area (Å²) in [5, 5.41) is 12.4. The van der Waals surface area contributed by atoms with Crippen LogP contribution in [0, 0.1) is 5.82 Å². The molecule has 0 radical (unpaired) electrons. The number of hydrogen-bond donors (Lipinski definition) is 2. The zero-order chi connectivity index (χ0) is 31.1. The molecule has 0 aromatic heterocycles. The molecule has 9 nitrogen and oxygen atoms in total. The van der Waals surface area contributed by atoms with Crippen molar-refractivity contribution in [3.63, 3.8) is 0 Å². The first-order valence-electron chi connectivity index (χ1n) is 13.2. The molecule has 1 unspecified atom stereocenters. The number of phosphoric acid groups is 1. The largest absolute Gasteiger partial charge is 0.530 e. The maximum atomic E-state index is 16.1. The lowest BCUT2D eigenvalue weighted by molar-refractivity contribution is -0.184. The Morgan fingerprint density at radius 3 is 2.61 bits per heavy atom. The van der Waals surface area contributed by atoms with Crippen molar-refractivity contribution in [1.29, 1.82) is 0 Å². The Labute approximate surface area is 229 Å². The minimum Gasteiger partial charge on any atom is -0.403 e. The molecule has 0 bridgehead atoms. The number of phosphoric ester groups is 1. The van der Waals surface area contributed by atoms with Gasteiger partial charge in [-0.3, -0.25) is 13.8 Å². The minimum atomic E-state index is -4.98. The number of alkyl halides is 1. The molecule has 1 aromatic carbocycles. The van der Waals surface area contributed by atoms with Crippen LogP contribution in [0.3, 0.4) is 0 Å². The zero-order valence-corrected chi connectivity index (χ0v) is 23.4. The lowest BCUT2D eigenvalue weighted by Gasteiger charge is -2.34. The molecule has 0 spiro atoms. The third-order valence-electron chi connectivity index (χ3n) is 6.06. The molecule has 1 fully saturated rings. The van der Waals surface area contributed by atoms with Gasteiger partial charge in [-0.1, -0.05) is 59.7 Å². The molecule has 1 saturated heterocycles. The second-order valence-corrected chi connectivity index (χ2v) is 13.2. The van der Waals surface area contributed by atoms with Crippen LogP contribution < -0.4 is 9.84 Å². The van der Waals surface area contributed by atoms with Crippen LogP contribution in [0.25, 0.3) is 0 Å². The molecule has 3 heterocycles. The summed E-state index contributed by atoms with van der Waals surface area (Å²) in [6, 6.07) is 1.57. The van der Waals surface area contributed by atoms with Gasteiger partial charge in [0.25, 0.3) is 5.91 Å². The van der Waals surface area contributed by atoms with Crippen LogP contribution in [0.1, 0.15) is 68.8 Å². The summed E-state index contributed by atoms with van der Waals surface area (Å²) in [6.07, 6.45) is -5.15. The normalized spacial score (nSPS) is 33.5. The number of rotatable bonds is 4. The van der Waals surface area contributed by atoms with Gasteiger partial charge < -0.3 is 24.6 Å². The van der Waals surface area contributed by atoms with E-state index in [1.54, 1.807) is 6.07 Å². The van der Waals surface area contributed by atoms with E-state index >= 15 is 8.78 Å². The molecule has 13 heteroatoms. The van der Waals surface area contributed by atoms with Gasteiger partial charge in [0.1, 0.15) is 35.1 Å². The molecule has 1 amide bonds. The van der Waals surface area contributed by atoms with E-state index in [2.05, 4.69) is 11.9 Å². The number of carbonyl (C=O) groups is 1. The van der Waals surface area contributed by atoms with Crippen molar-refractivity contribution in [1.82, 2.24) is 10.2 Å². The fraction of sp³-hybridized carbons (Fsp3) is 0.560. The van der Waals surface area contributed by atoms with Gasteiger partial charge in [-0.15, -0.1) is 0 Å². The highest BCUT2D eigenvalue weighted by Gasteiger charge is 2.52. The van der Waals surface area contributed by atoms with E-state index in [-0.39, 0.29) is 17.1 Å². The van der Waals surface area contributed by atoms with Crippen molar-refractivity contribution in [2.45, 2.75) is 83.6 Å². The molecule has 4 rings (SSSR count). The number of aliphatic hydroxyl groups is 1. The van der Waals surface area contributed by atoms with Crippen LogP contribution in [0.2, 0.25) is 0 Å². The van der Waals surface area contributed by atoms with Gasteiger partial charge in [-0.05, 0) is 22.5 Å². The van der Waals surface area contributed by atoms with Crippen molar-refractivity contribution < 1.29 is 45.7 Å². The molecule has 3 aliphatic rings. The molecule has 2 N–H and O–H groups in total. The molecular weight excluding hydrogens is 545 g/mol. The second-order valence-electron chi connectivity index (χ2n) is 11.2. The Morgan fingerprint density at radius 1 is 1.37 bits per heavy atom. The Balaban J connectivity index is 1.67. The second kappa shape index (κ2) is 9.57. The monoisotopic (exact) mass is 579 g/mol. The lowest BCUT2D eigenvalue weighted by Crippen LogP contribution is -2.46. The van der Waals surface area contributed by atoms with Gasteiger partial charge in [-0.2, -0.15) is 0 Å². The number of ether oxygens (including phenoxy) is 1. The highest BCUT2D eigenvalue weighted by Crippen LogP contribution is 2.58. The highest BCUT2D eigenvalue weighted by molar-refractivity contribution is 7.49. The number of benzene rings is 1. The molecule has 210 valence electrons. The number of nitrogens with zero attached hydrogens (tertiary/aromatic N) is 1. The van der Waals surface area contributed by atoms with Crippen LogP contribution in [-0.4, -0.2) is 40.6 Å². The fourth-order valence-corrected chi connectivity index (χ4v) is 5.32. The molecule has 1 aromatic rings. The Hall–Kier alpha value is -2.01. The number of hydrogen-bond acceptors (Lipinski definition) is 8. The number of amides is 1. The Kier molecular flexibility index (Phi) is 6.29. The van der Waals surface area contributed by atoms with Crippen molar-refractivity contribution >= 4 is 25.3 Å². The number of fused-ring (bicyclic) bond motifs is 1. The number of nitrogens with one attached hydrogen (secondary N) is 1. The quantitative estimate of drug-likeness (QED) is 0.468. The summed E-state index contributed by atoms with van der Waals surface area (Å²) < 4.78 is 91.2. The summed E-state index contributed by atoms with van der Waals surface area (Å²) in [4.78, 5) is 12.5. The average Bonchev–Trinajstić information content (AvgIpc) is 3.04. The lowest BCUT2D eigenvalue weighted by atomic mass is 9.78. The molecule has 0 saturated carbocycles. The van der Waals surface area contributed by atoms with Crippen LogP contribution in [-0.2, 0) is 40.6 Å². The van der Waals surface area contributed by atoms with Crippen LogP contribution in [0.15, 0.2) is 29.7 Å². The maximum absolute atomic E-state index is 16.1. The smallest absolute Gasteiger partial charge is 0.403 e. The van der Waals surface area contributed by atoms with Gasteiger partial charge >= 0.3 is 7.82 Å². The number of halogens is 3. The van der Waals surface area contributed by atoms with E-state index in [9.17, 15) is 14.5 Å². The van der Waals surface area contributed by atoms with Gasteiger partial charge in [0, 0.05) is 18.2 Å². The van der Waals surface area contributed by atoms with Crippen LogP contribution in [0.5, 0.6) is 5.75 Å². The summed E-state index contributed by atoms with van der Waals surface area (Å²) in [7, 11) is -4.98. The molecule has 4 atom stereocenters. The van der Waals surface area contributed by atoms with Gasteiger partial charge in [-0.25, -0.2) is 13.3 Å².